The highest BCUT2D eigenvalue weighted by Gasteiger charge is 2.07. The fourth-order valence-electron chi connectivity index (χ4n) is 3.81. The zero-order valence-electron chi connectivity index (χ0n) is 20.9. The topological polar surface area (TPSA) is 93.1 Å². The summed E-state index contributed by atoms with van der Waals surface area (Å²) in [5.41, 5.74) is 0.621. The van der Waals surface area contributed by atoms with Gasteiger partial charge in [0.1, 0.15) is 12.7 Å². The van der Waals surface area contributed by atoms with Gasteiger partial charge in [-0.25, -0.2) is 4.79 Å². The van der Waals surface area contributed by atoms with Crippen molar-refractivity contribution in [2.24, 2.45) is 0 Å². The van der Waals surface area contributed by atoms with Gasteiger partial charge in [-0.1, -0.05) is 102 Å². The molecule has 6 nitrogen and oxygen atoms in total. The summed E-state index contributed by atoms with van der Waals surface area (Å²) in [6.45, 7) is 0.00469. The predicted molar refractivity (Wildman–Crippen MR) is 135 cm³/mol. The fraction of sp³-hybridized carbons (Fsp3) is 0.714. The first-order valence-corrected chi connectivity index (χ1v) is 13.3. The molecular weight excluding hydrogens is 432 g/mol. The standard InChI is InChI=1S/C28H46O6/c29-23-26(30)24-34-27(31)21-17-12-10-8-6-4-2-1-3-5-7-9-11-13-18-22-33-28(32)25-19-15-14-16-20-25/h14-16,19-20,26,29-30H,1-13,17-18,21-24H2. The highest BCUT2D eigenvalue weighted by molar-refractivity contribution is 5.89. The molecule has 0 aliphatic carbocycles. The minimum atomic E-state index is -0.973. The van der Waals surface area contributed by atoms with Crippen LogP contribution in [0.25, 0.3) is 0 Å². The second kappa shape index (κ2) is 21.6. The normalized spacial score (nSPS) is 11.8. The molecule has 6 heteroatoms. The molecule has 1 aromatic rings. The van der Waals surface area contributed by atoms with E-state index in [2.05, 4.69) is 0 Å². The van der Waals surface area contributed by atoms with E-state index in [-0.39, 0.29) is 25.2 Å². The largest absolute Gasteiger partial charge is 0.463 e. The number of aliphatic hydroxyl groups is 2. The average Bonchev–Trinajstić information content (AvgIpc) is 2.86. The summed E-state index contributed by atoms with van der Waals surface area (Å²) in [7, 11) is 0. The van der Waals surface area contributed by atoms with Gasteiger partial charge in [0.15, 0.2) is 0 Å². The molecular formula is C28H46O6. The number of hydrogen-bond acceptors (Lipinski definition) is 6. The molecule has 0 fully saturated rings. The molecule has 0 saturated carbocycles. The molecule has 2 N–H and O–H groups in total. The Kier molecular flexibility index (Phi) is 19.1. The Morgan fingerprint density at radius 3 is 1.65 bits per heavy atom. The molecule has 0 saturated heterocycles. The highest BCUT2D eigenvalue weighted by atomic mass is 16.5. The molecule has 0 heterocycles. The van der Waals surface area contributed by atoms with Gasteiger partial charge in [0.25, 0.3) is 0 Å². The molecule has 34 heavy (non-hydrogen) atoms. The van der Waals surface area contributed by atoms with Gasteiger partial charge >= 0.3 is 11.9 Å². The Hall–Kier alpha value is -1.92. The summed E-state index contributed by atoms with van der Waals surface area (Å²) in [6.07, 6.45) is 17.3. The van der Waals surface area contributed by atoms with Crippen LogP contribution in [0.5, 0.6) is 0 Å². The molecule has 0 aromatic heterocycles. The molecule has 0 radical (unpaired) electrons. The van der Waals surface area contributed by atoms with Crippen molar-refractivity contribution in [2.45, 2.75) is 109 Å². The number of benzene rings is 1. The van der Waals surface area contributed by atoms with E-state index in [9.17, 15) is 9.59 Å². The molecule has 1 unspecified atom stereocenters. The Morgan fingerprint density at radius 2 is 1.15 bits per heavy atom. The number of ether oxygens (including phenoxy) is 2. The Labute approximate surface area is 206 Å². The second-order valence-electron chi connectivity index (χ2n) is 9.07. The van der Waals surface area contributed by atoms with Crippen molar-refractivity contribution in [1.82, 2.24) is 0 Å². The number of esters is 2. The lowest BCUT2D eigenvalue weighted by molar-refractivity contribution is -0.147. The molecule has 1 atom stereocenters. The van der Waals surface area contributed by atoms with Crippen LogP contribution in [-0.4, -0.2) is 48.1 Å². The smallest absolute Gasteiger partial charge is 0.338 e. The molecule has 0 aliphatic heterocycles. The lowest BCUT2D eigenvalue weighted by atomic mass is 10.0. The van der Waals surface area contributed by atoms with Gasteiger partial charge in [0, 0.05) is 6.42 Å². The quantitative estimate of drug-likeness (QED) is 0.157. The van der Waals surface area contributed by atoms with E-state index < -0.39 is 6.10 Å². The number of aliphatic hydroxyl groups excluding tert-OH is 2. The summed E-state index contributed by atoms with van der Waals surface area (Å²) in [4.78, 5) is 23.3. The van der Waals surface area contributed by atoms with Crippen molar-refractivity contribution in [3.63, 3.8) is 0 Å². The van der Waals surface area contributed by atoms with E-state index in [1.165, 1.54) is 64.2 Å². The third kappa shape index (κ3) is 17.5. The first-order valence-electron chi connectivity index (χ1n) is 13.3. The van der Waals surface area contributed by atoms with Crippen LogP contribution in [0.1, 0.15) is 113 Å². The van der Waals surface area contributed by atoms with Gasteiger partial charge < -0.3 is 19.7 Å². The third-order valence-corrected chi connectivity index (χ3v) is 5.92. The minimum Gasteiger partial charge on any atom is -0.463 e. The summed E-state index contributed by atoms with van der Waals surface area (Å²) in [6, 6.07) is 9.15. The molecule has 194 valence electrons. The van der Waals surface area contributed by atoms with E-state index in [0.29, 0.717) is 18.6 Å². The van der Waals surface area contributed by atoms with Crippen molar-refractivity contribution < 1.29 is 29.3 Å². The van der Waals surface area contributed by atoms with Crippen LogP contribution in [-0.2, 0) is 14.3 Å². The fourth-order valence-corrected chi connectivity index (χ4v) is 3.81. The maximum atomic E-state index is 11.8. The van der Waals surface area contributed by atoms with Gasteiger partial charge in [0.05, 0.1) is 18.8 Å². The lowest BCUT2D eigenvalue weighted by Gasteiger charge is -2.08. The maximum absolute atomic E-state index is 11.8. The van der Waals surface area contributed by atoms with Gasteiger partial charge in [0.2, 0.25) is 0 Å². The molecule has 0 aliphatic rings. The molecule has 0 amide bonds. The van der Waals surface area contributed by atoms with E-state index in [1.807, 2.05) is 18.2 Å². The second-order valence-corrected chi connectivity index (χ2v) is 9.07. The van der Waals surface area contributed by atoms with E-state index in [0.717, 1.165) is 32.1 Å². The van der Waals surface area contributed by atoms with Gasteiger partial charge in [-0.05, 0) is 25.0 Å². The zero-order chi connectivity index (χ0) is 24.7. The highest BCUT2D eigenvalue weighted by Crippen LogP contribution is 2.14. The summed E-state index contributed by atoms with van der Waals surface area (Å²) >= 11 is 0. The van der Waals surface area contributed by atoms with Crippen molar-refractivity contribution in [2.75, 3.05) is 19.8 Å². The Balaban J connectivity index is 1.74. The number of carbonyl (C=O) groups is 2. The number of rotatable bonds is 22. The van der Waals surface area contributed by atoms with Crippen LogP contribution in [0.4, 0.5) is 0 Å². The van der Waals surface area contributed by atoms with Crippen LogP contribution in [0.15, 0.2) is 30.3 Å². The summed E-state index contributed by atoms with van der Waals surface area (Å²) < 4.78 is 10.2. The first-order chi connectivity index (χ1) is 16.6. The van der Waals surface area contributed by atoms with Crippen molar-refractivity contribution >= 4 is 11.9 Å². The van der Waals surface area contributed by atoms with Crippen molar-refractivity contribution in [3.8, 4) is 0 Å². The Bertz CT molecular complexity index is 619. The van der Waals surface area contributed by atoms with E-state index in [4.69, 9.17) is 19.7 Å². The first kappa shape index (κ1) is 30.1. The van der Waals surface area contributed by atoms with Gasteiger partial charge in [-0.3, -0.25) is 4.79 Å². The summed E-state index contributed by atoms with van der Waals surface area (Å²) in [5.74, 6) is -0.521. The molecule has 1 rings (SSSR count). The maximum Gasteiger partial charge on any atom is 0.338 e. The zero-order valence-corrected chi connectivity index (χ0v) is 20.9. The molecule has 1 aromatic carbocycles. The number of unbranched alkanes of at least 4 members (excludes halogenated alkanes) is 14. The summed E-state index contributed by atoms with van der Waals surface area (Å²) in [5, 5.41) is 17.8. The van der Waals surface area contributed by atoms with Crippen LogP contribution >= 0.6 is 0 Å². The van der Waals surface area contributed by atoms with Crippen LogP contribution < -0.4 is 0 Å². The van der Waals surface area contributed by atoms with Gasteiger partial charge in [-0.15, -0.1) is 0 Å². The number of carbonyl (C=O) groups excluding carboxylic acids is 2. The molecule has 0 spiro atoms. The minimum absolute atomic E-state index is 0.122. The predicted octanol–water partition coefficient (Wildman–Crippen LogP) is 5.98. The monoisotopic (exact) mass is 478 g/mol. The van der Waals surface area contributed by atoms with Gasteiger partial charge in [-0.2, -0.15) is 0 Å². The van der Waals surface area contributed by atoms with Crippen LogP contribution in [0, 0.1) is 0 Å². The van der Waals surface area contributed by atoms with Crippen LogP contribution in [0.3, 0.4) is 0 Å². The lowest BCUT2D eigenvalue weighted by Crippen LogP contribution is -2.21. The number of hydrogen-bond donors (Lipinski definition) is 2. The average molecular weight is 479 g/mol. The van der Waals surface area contributed by atoms with E-state index >= 15 is 0 Å². The SMILES string of the molecule is O=C(CCCCCCCCCCCCCCCCCOC(=O)c1ccccc1)OCC(O)CO. The van der Waals surface area contributed by atoms with Crippen molar-refractivity contribution in [1.29, 1.82) is 0 Å². The Morgan fingerprint density at radius 1 is 0.676 bits per heavy atom. The molecule has 0 bridgehead atoms. The van der Waals surface area contributed by atoms with E-state index in [1.54, 1.807) is 12.1 Å². The van der Waals surface area contributed by atoms with Crippen molar-refractivity contribution in [3.05, 3.63) is 35.9 Å². The van der Waals surface area contributed by atoms with Crippen LogP contribution in [0.2, 0.25) is 0 Å². The third-order valence-electron chi connectivity index (χ3n) is 5.92.